The van der Waals surface area contributed by atoms with Crippen molar-refractivity contribution in [1.82, 2.24) is 15.1 Å². The number of benzene rings is 1. The van der Waals surface area contributed by atoms with E-state index in [9.17, 15) is 0 Å². The second kappa shape index (κ2) is 6.87. The van der Waals surface area contributed by atoms with Crippen molar-refractivity contribution < 1.29 is 4.74 Å². The summed E-state index contributed by atoms with van der Waals surface area (Å²) in [6.07, 6.45) is 4.28. The summed E-state index contributed by atoms with van der Waals surface area (Å²) in [4.78, 5) is 0. The average Bonchev–Trinajstić information content (AvgIpc) is 3.21. The van der Waals surface area contributed by atoms with E-state index in [-0.39, 0.29) is 6.04 Å². The van der Waals surface area contributed by atoms with Crippen LogP contribution in [0.1, 0.15) is 31.5 Å². The van der Waals surface area contributed by atoms with Gasteiger partial charge in [0.05, 0.1) is 24.0 Å². The van der Waals surface area contributed by atoms with Crippen LogP contribution in [-0.2, 0) is 4.74 Å². The van der Waals surface area contributed by atoms with Crippen LogP contribution >= 0.6 is 0 Å². The van der Waals surface area contributed by atoms with Crippen LogP contribution in [0.4, 0.5) is 0 Å². The Bertz CT molecular complexity index is 546. The highest BCUT2D eigenvalue weighted by Gasteiger charge is 2.28. The van der Waals surface area contributed by atoms with Crippen LogP contribution in [0, 0.1) is 5.92 Å². The third-order valence-corrected chi connectivity index (χ3v) is 4.00. The Balaban J connectivity index is 1.80. The van der Waals surface area contributed by atoms with Crippen LogP contribution in [0.3, 0.4) is 0 Å². The third kappa shape index (κ3) is 3.34. The summed E-state index contributed by atoms with van der Waals surface area (Å²) >= 11 is 0. The highest BCUT2D eigenvalue weighted by Crippen LogP contribution is 2.28. The lowest BCUT2D eigenvalue weighted by Crippen LogP contribution is -2.29. The molecule has 3 rings (SSSR count). The molecule has 1 aliphatic rings. The number of hydrogen-bond donors (Lipinski definition) is 1. The van der Waals surface area contributed by atoms with Gasteiger partial charge in [0.1, 0.15) is 0 Å². The van der Waals surface area contributed by atoms with Gasteiger partial charge < -0.3 is 10.1 Å². The van der Waals surface area contributed by atoms with Gasteiger partial charge in [0.25, 0.3) is 0 Å². The smallest absolute Gasteiger partial charge is 0.0802 e. The second-order valence-electron chi connectivity index (χ2n) is 5.58. The van der Waals surface area contributed by atoms with Crippen LogP contribution in [0.5, 0.6) is 0 Å². The number of aromatic nitrogens is 2. The van der Waals surface area contributed by atoms with E-state index >= 15 is 0 Å². The Labute approximate surface area is 126 Å². The van der Waals surface area contributed by atoms with E-state index in [0.717, 1.165) is 44.0 Å². The molecule has 0 saturated carbocycles. The first-order valence-corrected chi connectivity index (χ1v) is 7.80. The molecule has 0 aliphatic carbocycles. The Morgan fingerprint density at radius 3 is 2.90 bits per heavy atom. The minimum atomic E-state index is 0.289. The van der Waals surface area contributed by atoms with Crippen molar-refractivity contribution in [2.24, 2.45) is 5.92 Å². The van der Waals surface area contributed by atoms with E-state index in [0.29, 0.717) is 5.92 Å². The summed E-state index contributed by atoms with van der Waals surface area (Å²) in [7, 11) is 0. The molecule has 0 radical (unpaired) electrons. The Hall–Kier alpha value is -1.65. The van der Waals surface area contributed by atoms with E-state index in [1.54, 1.807) is 0 Å². The van der Waals surface area contributed by atoms with Crippen molar-refractivity contribution in [3.05, 3.63) is 48.3 Å². The standard InChI is InChI=1S/C17H23N3O/c1-2-10-18-17(14-9-12-21-13-14)16-8-11-20(19-16)15-6-4-3-5-7-15/h3-8,11,14,17-18H,2,9-10,12-13H2,1H3. The first-order valence-electron chi connectivity index (χ1n) is 7.80. The highest BCUT2D eigenvalue weighted by atomic mass is 16.5. The Morgan fingerprint density at radius 1 is 1.33 bits per heavy atom. The van der Waals surface area contributed by atoms with Crippen LogP contribution < -0.4 is 5.32 Å². The van der Waals surface area contributed by atoms with Crippen LogP contribution in [0.2, 0.25) is 0 Å². The molecule has 0 amide bonds. The van der Waals surface area contributed by atoms with E-state index in [2.05, 4.69) is 30.4 Å². The maximum absolute atomic E-state index is 5.56. The quantitative estimate of drug-likeness (QED) is 0.887. The minimum absolute atomic E-state index is 0.289. The maximum atomic E-state index is 5.56. The van der Waals surface area contributed by atoms with E-state index < -0.39 is 0 Å². The first-order chi connectivity index (χ1) is 10.4. The van der Waals surface area contributed by atoms with Crippen molar-refractivity contribution in [2.75, 3.05) is 19.8 Å². The molecule has 2 atom stereocenters. The zero-order chi connectivity index (χ0) is 14.5. The molecule has 2 aromatic rings. The van der Waals surface area contributed by atoms with Gasteiger partial charge in [-0.2, -0.15) is 5.10 Å². The molecule has 1 aliphatic heterocycles. The van der Waals surface area contributed by atoms with Gasteiger partial charge in [-0.1, -0.05) is 25.1 Å². The van der Waals surface area contributed by atoms with Gasteiger partial charge in [-0.25, -0.2) is 4.68 Å². The van der Waals surface area contributed by atoms with Gasteiger partial charge in [0.2, 0.25) is 0 Å². The first kappa shape index (κ1) is 14.3. The molecule has 1 fully saturated rings. The van der Waals surface area contributed by atoms with Gasteiger partial charge in [0.15, 0.2) is 0 Å². The Morgan fingerprint density at radius 2 is 2.19 bits per heavy atom. The van der Waals surface area contributed by atoms with Crippen molar-refractivity contribution in [1.29, 1.82) is 0 Å². The molecule has 1 aromatic heterocycles. The number of nitrogens with one attached hydrogen (secondary N) is 1. The van der Waals surface area contributed by atoms with Crippen LogP contribution in [-0.4, -0.2) is 29.5 Å². The predicted molar refractivity (Wildman–Crippen MR) is 83.5 cm³/mol. The van der Waals surface area contributed by atoms with Crippen molar-refractivity contribution >= 4 is 0 Å². The molecule has 0 spiro atoms. The van der Waals surface area contributed by atoms with Crippen molar-refractivity contribution in [3.8, 4) is 5.69 Å². The molecule has 2 unspecified atom stereocenters. The molecule has 21 heavy (non-hydrogen) atoms. The number of nitrogens with zero attached hydrogens (tertiary/aromatic N) is 2. The minimum Gasteiger partial charge on any atom is -0.381 e. The topological polar surface area (TPSA) is 39.1 Å². The highest BCUT2D eigenvalue weighted by molar-refractivity contribution is 5.30. The molecule has 4 heteroatoms. The molecule has 1 aromatic carbocycles. The summed E-state index contributed by atoms with van der Waals surface area (Å²) in [5, 5.41) is 8.41. The maximum Gasteiger partial charge on any atom is 0.0802 e. The third-order valence-electron chi connectivity index (χ3n) is 4.00. The van der Waals surface area contributed by atoms with E-state index in [4.69, 9.17) is 9.84 Å². The SMILES string of the molecule is CCCNC(c1ccn(-c2ccccc2)n1)C1CCOC1. The number of ether oxygens (including phenoxy) is 1. The zero-order valence-electron chi connectivity index (χ0n) is 12.5. The van der Waals surface area contributed by atoms with Gasteiger partial charge in [0, 0.05) is 18.7 Å². The van der Waals surface area contributed by atoms with Gasteiger partial charge in [-0.3, -0.25) is 0 Å². The molecular weight excluding hydrogens is 262 g/mol. The normalized spacial score (nSPS) is 19.8. The summed E-state index contributed by atoms with van der Waals surface area (Å²) in [6, 6.07) is 12.7. The van der Waals surface area contributed by atoms with Crippen LogP contribution in [0.25, 0.3) is 5.69 Å². The van der Waals surface area contributed by atoms with Gasteiger partial charge >= 0.3 is 0 Å². The number of rotatable bonds is 6. The lowest BCUT2D eigenvalue weighted by atomic mass is 9.96. The summed E-state index contributed by atoms with van der Waals surface area (Å²) < 4.78 is 7.51. The summed E-state index contributed by atoms with van der Waals surface area (Å²) in [5.74, 6) is 0.524. The van der Waals surface area contributed by atoms with E-state index in [1.807, 2.05) is 29.1 Å². The van der Waals surface area contributed by atoms with E-state index in [1.165, 1.54) is 0 Å². The molecule has 112 valence electrons. The van der Waals surface area contributed by atoms with Crippen LogP contribution in [0.15, 0.2) is 42.6 Å². The number of hydrogen-bond acceptors (Lipinski definition) is 3. The summed E-state index contributed by atoms with van der Waals surface area (Å²) in [6.45, 7) is 4.91. The molecular formula is C17H23N3O. The zero-order valence-corrected chi connectivity index (χ0v) is 12.5. The van der Waals surface area contributed by atoms with Crippen molar-refractivity contribution in [3.63, 3.8) is 0 Å². The summed E-state index contributed by atoms with van der Waals surface area (Å²) in [5.41, 5.74) is 2.21. The molecule has 1 saturated heterocycles. The monoisotopic (exact) mass is 285 g/mol. The van der Waals surface area contributed by atoms with Gasteiger partial charge in [-0.15, -0.1) is 0 Å². The molecule has 4 nitrogen and oxygen atoms in total. The number of para-hydroxylation sites is 1. The predicted octanol–water partition coefficient (Wildman–Crippen LogP) is 2.95. The fourth-order valence-electron chi connectivity index (χ4n) is 2.86. The molecule has 2 heterocycles. The largest absolute Gasteiger partial charge is 0.381 e. The second-order valence-corrected chi connectivity index (χ2v) is 5.58. The van der Waals surface area contributed by atoms with Crippen molar-refractivity contribution in [2.45, 2.75) is 25.8 Å². The fraction of sp³-hybridized carbons (Fsp3) is 0.471. The average molecular weight is 285 g/mol. The Kier molecular flexibility index (Phi) is 4.68. The molecule has 0 bridgehead atoms. The lowest BCUT2D eigenvalue weighted by molar-refractivity contribution is 0.176. The lowest BCUT2D eigenvalue weighted by Gasteiger charge is -2.21. The van der Waals surface area contributed by atoms with Gasteiger partial charge in [-0.05, 0) is 37.6 Å². The molecule has 1 N–H and O–H groups in total. The fourth-order valence-corrected chi connectivity index (χ4v) is 2.86.